The van der Waals surface area contributed by atoms with E-state index in [9.17, 15) is 5.11 Å². The van der Waals surface area contributed by atoms with Crippen LogP contribution in [0.5, 0.6) is 0 Å². The van der Waals surface area contributed by atoms with Crippen molar-refractivity contribution in [1.29, 1.82) is 0 Å². The molecule has 0 saturated heterocycles. The van der Waals surface area contributed by atoms with Crippen LogP contribution >= 0.6 is 11.3 Å². The van der Waals surface area contributed by atoms with Gasteiger partial charge >= 0.3 is 0 Å². The summed E-state index contributed by atoms with van der Waals surface area (Å²) in [6.45, 7) is 8.96. The second kappa shape index (κ2) is 6.33. The first-order chi connectivity index (χ1) is 7.56. The third-order valence-electron chi connectivity index (χ3n) is 3.11. The van der Waals surface area contributed by atoms with Crippen LogP contribution in [-0.4, -0.2) is 22.7 Å². The van der Waals surface area contributed by atoms with Gasteiger partial charge in [0, 0.05) is 17.5 Å². The molecule has 0 aliphatic rings. The molecule has 1 aromatic heterocycles. The molecule has 0 amide bonds. The molecule has 1 heterocycles. The summed E-state index contributed by atoms with van der Waals surface area (Å²) in [5.74, 6) is 0.349. The van der Waals surface area contributed by atoms with E-state index < -0.39 is 0 Å². The van der Waals surface area contributed by atoms with Crippen LogP contribution in [0.3, 0.4) is 0 Å². The number of thiazole rings is 1. The molecule has 1 aromatic rings. The molecule has 16 heavy (non-hydrogen) atoms. The molecule has 0 aromatic carbocycles. The second-order valence-electron chi connectivity index (χ2n) is 4.38. The number of nitrogens with zero attached hydrogens (tertiary/aromatic N) is 1. The molecule has 4 heteroatoms. The highest BCUT2D eigenvalue weighted by atomic mass is 32.1. The quantitative estimate of drug-likeness (QED) is 0.805. The fourth-order valence-corrected chi connectivity index (χ4v) is 2.43. The van der Waals surface area contributed by atoms with Crippen LogP contribution in [0.4, 0.5) is 0 Å². The fraction of sp³-hybridized carbons (Fsp3) is 0.750. The van der Waals surface area contributed by atoms with Crippen molar-refractivity contribution in [3.63, 3.8) is 0 Å². The molecule has 0 bridgehead atoms. The standard InChI is InChI=1S/C12H22N2OS/c1-5-8(2)11(15)6-13-9(3)12-10(4)14-7-16-12/h7-9,11,13,15H,5-6H2,1-4H3. The molecule has 0 fully saturated rings. The normalized spacial score (nSPS) is 17.1. The summed E-state index contributed by atoms with van der Waals surface area (Å²) >= 11 is 1.67. The van der Waals surface area contributed by atoms with Gasteiger partial charge in [-0.1, -0.05) is 20.3 Å². The largest absolute Gasteiger partial charge is 0.392 e. The molecular formula is C12H22N2OS. The zero-order valence-corrected chi connectivity index (χ0v) is 11.3. The van der Waals surface area contributed by atoms with Gasteiger partial charge in [0.1, 0.15) is 0 Å². The van der Waals surface area contributed by atoms with Crippen LogP contribution in [-0.2, 0) is 0 Å². The van der Waals surface area contributed by atoms with Crippen molar-refractivity contribution in [2.75, 3.05) is 6.54 Å². The molecule has 0 saturated carbocycles. The maximum Gasteiger partial charge on any atom is 0.0798 e. The van der Waals surface area contributed by atoms with Crippen LogP contribution in [0.2, 0.25) is 0 Å². The van der Waals surface area contributed by atoms with Crippen LogP contribution in [0.15, 0.2) is 5.51 Å². The smallest absolute Gasteiger partial charge is 0.0798 e. The minimum absolute atomic E-state index is 0.263. The van der Waals surface area contributed by atoms with E-state index in [1.807, 2.05) is 12.4 Å². The number of hydrogen-bond acceptors (Lipinski definition) is 4. The van der Waals surface area contributed by atoms with Gasteiger partial charge in [0.05, 0.1) is 17.3 Å². The first-order valence-electron chi connectivity index (χ1n) is 5.87. The van der Waals surface area contributed by atoms with Crippen molar-refractivity contribution in [3.05, 3.63) is 16.1 Å². The molecule has 0 aliphatic carbocycles. The number of aromatic nitrogens is 1. The minimum Gasteiger partial charge on any atom is -0.392 e. The summed E-state index contributed by atoms with van der Waals surface area (Å²) in [5, 5.41) is 13.2. The Labute approximate surface area is 102 Å². The van der Waals surface area contributed by atoms with Crippen molar-refractivity contribution in [3.8, 4) is 0 Å². The highest BCUT2D eigenvalue weighted by Gasteiger charge is 2.15. The molecule has 0 spiro atoms. The topological polar surface area (TPSA) is 45.1 Å². The first kappa shape index (κ1) is 13.6. The zero-order valence-electron chi connectivity index (χ0n) is 10.5. The lowest BCUT2D eigenvalue weighted by Gasteiger charge is -2.20. The Hall–Kier alpha value is -0.450. The number of hydrogen-bond donors (Lipinski definition) is 2. The molecule has 3 unspecified atom stereocenters. The predicted octanol–water partition coefficient (Wildman–Crippen LogP) is 2.51. The summed E-state index contributed by atoms with van der Waals surface area (Å²) in [4.78, 5) is 5.49. The van der Waals surface area contributed by atoms with Crippen LogP contribution in [0, 0.1) is 12.8 Å². The Balaban J connectivity index is 2.41. The van der Waals surface area contributed by atoms with Crippen molar-refractivity contribution >= 4 is 11.3 Å². The van der Waals surface area contributed by atoms with Crippen LogP contribution in [0.25, 0.3) is 0 Å². The molecular weight excluding hydrogens is 220 g/mol. The van der Waals surface area contributed by atoms with Crippen LogP contribution < -0.4 is 5.32 Å². The fourth-order valence-electron chi connectivity index (χ4n) is 1.59. The highest BCUT2D eigenvalue weighted by Crippen LogP contribution is 2.21. The first-order valence-corrected chi connectivity index (χ1v) is 6.75. The van der Waals surface area contributed by atoms with Gasteiger partial charge in [-0.2, -0.15) is 0 Å². The third kappa shape index (κ3) is 3.54. The van der Waals surface area contributed by atoms with E-state index in [-0.39, 0.29) is 12.1 Å². The lowest BCUT2D eigenvalue weighted by Crippen LogP contribution is -2.33. The summed E-state index contributed by atoms with van der Waals surface area (Å²) in [7, 11) is 0. The monoisotopic (exact) mass is 242 g/mol. The summed E-state index contributed by atoms with van der Waals surface area (Å²) < 4.78 is 0. The van der Waals surface area contributed by atoms with E-state index in [0.29, 0.717) is 12.5 Å². The van der Waals surface area contributed by atoms with Crippen molar-refractivity contribution in [2.24, 2.45) is 5.92 Å². The molecule has 1 rings (SSSR count). The molecule has 2 N–H and O–H groups in total. The van der Waals surface area contributed by atoms with E-state index in [4.69, 9.17) is 0 Å². The Morgan fingerprint density at radius 1 is 1.50 bits per heavy atom. The van der Waals surface area contributed by atoms with E-state index in [2.05, 4.69) is 31.1 Å². The van der Waals surface area contributed by atoms with E-state index in [1.165, 1.54) is 4.88 Å². The number of aliphatic hydroxyl groups excluding tert-OH is 1. The van der Waals surface area contributed by atoms with Gasteiger partial charge in [-0.25, -0.2) is 4.98 Å². The van der Waals surface area contributed by atoms with E-state index >= 15 is 0 Å². The third-order valence-corrected chi connectivity index (χ3v) is 4.22. The average molecular weight is 242 g/mol. The van der Waals surface area contributed by atoms with E-state index in [1.54, 1.807) is 11.3 Å². The summed E-state index contributed by atoms with van der Waals surface area (Å²) in [5.41, 5.74) is 2.96. The summed E-state index contributed by atoms with van der Waals surface area (Å²) in [6, 6.07) is 0.270. The lowest BCUT2D eigenvalue weighted by atomic mass is 10.0. The van der Waals surface area contributed by atoms with Gasteiger partial charge in [-0.15, -0.1) is 11.3 Å². The zero-order chi connectivity index (χ0) is 12.1. The van der Waals surface area contributed by atoms with Gasteiger partial charge in [0.15, 0.2) is 0 Å². The average Bonchev–Trinajstić information content (AvgIpc) is 2.70. The lowest BCUT2D eigenvalue weighted by molar-refractivity contribution is 0.110. The van der Waals surface area contributed by atoms with Gasteiger partial charge in [0.2, 0.25) is 0 Å². The molecule has 0 aliphatic heterocycles. The maximum absolute atomic E-state index is 9.86. The maximum atomic E-state index is 9.86. The van der Waals surface area contributed by atoms with Gasteiger partial charge in [-0.05, 0) is 19.8 Å². The van der Waals surface area contributed by atoms with Gasteiger partial charge in [0.25, 0.3) is 0 Å². The number of aliphatic hydroxyl groups is 1. The highest BCUT2D eigenvalue weighted by molar-refractivity contribution is 7.09. The predicted molar refractivity (Wildman–Crippen MR) is 68.7 cm³/mol. The molecule has 0 radical (unpaired) electrons. The van der Waals surface area contributed by atoms with Crippen molar-refractivity contribution in [1.82, 2.24) is 10.3 Å². The summed E-state index contributed by atoms with van der Waals surface area (Å²) in [6.07, 6.45) is 0.747. The molecule has 3 atom stereocenters. The molecule has 3 nitrogen and oxygen atoms in total. The van der Waals surface area contributed by atoms with Crippen LogP contribution in [0.1, 0.15) is 43.8 Å². The number of aryl methyl sites for hydroxylation is 1. The number of rotatable bonds is 6. The van der Waals surface area contributed by atoms with Gasteiger partial charge < -0.3 is 10.4 Å². The molecule has 92 valence electrons. The van der Waals surface area contributed by atoms with E-state index in [0.717, 1.165) is 12.1 Å². The Morgan fingerprint density at radius 3 is 2.69 bits per heavy atom. The second-order valence-corrected chi connectivity index (χ2v) is 5.27. The van der Waals surface area contributed by atoms with Crippen molar-refractivity contribution in [2.45, 2.75) is 46.3 Å². The Morgan fingerprint density at radius 2 is 2.19 bits per heavy atom. The minimum atomic E-state index is -0.263. The van der Waals surface area contributed by atoms with Crippen molar-refractivity contribution < 1.29 is 5.11 Å². The Kier molecular flexibility index (Phi) is 5.38. The SMILES string of the molecule is CCC(C)C(O)CNC(C)c1scnc1C. The Bertz CT molecular complexity index is 314. The number of nitrogens with one attached hydrogen (secondary N) is 1. The van der Waals surface area contributed by atoms with Gasteiger partial charge in [-0.3, -0.25) is 0 Å².